The Labute approximate surface area is 190 Å². The van der Waals surface area contributed by atoms with Crippen LogP contribution in [0.5, 0.6) is 0 Å². The van der Waals surface area contributed by atoms with Crippen molar-refractivity contribution in [2.75, 3.05) is 12.4 Å². The first-order valence-electron chi connectivity index (χ1n) is 10.8. The van der Waals surface area contributed by atoms with Gasteiger partial charge in [-0.05, 0) is 54.5 Å². The highest BCUT2D eigenvalue weighted by atomic mass is 19.4. The number of nitrogens with one attached hydrogen (secondary N) is 1. The Morgan fingerprint density at radius 2 is 1.73 bits per heavy atom. The maximum Gasteiger partial charge on any atom is 0.416 e. The monoisotopic (exact) mass is 451 g/mol. The quantitative estimate of drug-likeness (QED) is 0.433. The summed E-state index contributed by atoms with van der Waals surface area (Å²) in [5.74, 6) is -0.344. The maximum absolute atomic E-state index is 13.3. The zero-order valence-corrected chi connectivity index (χ0v) is 18.2. The van der Waals surface area contributed by atoms with Gasteiger partial charge < -0.3 is 10.1 Å². The van der Waals surface area contributed by atoms with Crippen LogP contribution in [0, 0.1) is 0 Å². The van der Waals surface area contributed by atoms with Gasteiger partial charge in [0.1, 0.15) is 0 Å². The van der Waals surface area contributed by atoms with Crippen molar-refractivity contribution in [2.24, 2.45) is 0 Å². The molecule has 1 N–H and O–H groups in total. The molecule has 4 rings (SSSR count). The fourth-order valence-corrected chi connectivity index (χ4v) is 4.34. The number of alkyl halides is 3. The van der Waals surface area contributed by atoms with E-state index in [1.807, 2.05) is 42.5 Å². The van der Waals surface area contributed by atoms with Crippen LogP contribution in [0.3, 0.4) is 0 Å². The number of fused-ring (bicyclic) bond motifs is 1. The number of rotatable bonds is 5. The lowest BCUT2D eigenvalue weighted by molar-refractivity contribution is -0.138. The minimum atomic E-state index is -4.46. The average molecular weight is 451 g/mol. The molecular weight excluding hydrogens is 427 g/mol. The molecule has 0 bridgehead atoms. The maximum atomic E-state index is 13.3. The van der Waals surface area contributed by atoms with Gasteiger partial charge in [0.25, 0.3) is 0 Å². The van der Waals surface area contributed by atoms with E-state index in [2.05, 4.69) is 17.4 Å². The third-order valence-corrected chi connectivity index (χ3v) is 5.93. The van der Waals surface area contributed by atoms with Crippen LogP contribution >= 0.6 is 0 Å². The second-order valence-corrected chi connectivity index (χ2v) is 8.06. The molecule has 3 nitrogen and oxygen atoms in total. The van der Waals surface area contributed by atoms with E-state index in [1.54, 1.807) is 6.07 Å². The van der Waals surface area contributed by atoms with E-state index in [0.717, 1.165) is 29.7 Å². The minimum absolute atomic E-state index is 0.143. The topological polar surface area (TPSA) is 38.3 Å². The number of anilines is 1. The van der Waals surface area contributed by atoms with E-state index in [1.165, 1.54) is 18.7 Å². The van der Waals surface area contributed by atoms with Gasteiger partial charge in [-0.1, -0.05) is 60.7 Å². The highest BCUT2D eigenvalue weighted by Gasteiger charge is 2.31. The number of carbonyl (C=O) groups is 1. The van der Waals surface area contributed by atoms with Crippen molar-refractivity contribution < 1.29 is 22.7 Å². The van der Waals surface area contributed by atoms with Crippen molar-refractivity contribution in [2.45, 2.75) is 31.4 Å². The normalized spacial score (nSPS) is 16.1. The summed E-state index contributed by atoms with van der Waals surface area (Å²) in [6.45, 7) is 0. The third kappa shape index (κ3) is 5.11. The fraction of sp³-hybridized carbons (Fsp3) is 0.222. The smallest absolute Gasteiger partial charge is 0.416 e. The van der Waals surface area contributed by atoms with Gasteiger partial charge in [0.15, 0.2) is 0 Å². The van der Waals surface area contributed by atoms with E-state index in [9.17, 15) is 18.0 Å². The average Bonchev–Trinajstić information content (AvgIpc) is 2.96. The Kier molecular flexibility index (Phi) is 6.54. The summed E-state index contributed by atoms with van der Waals surface area (Å²) in [5, 5.41) is 3.12. The molecule has 0 saturated heterocycles. The Hall–Kier alpha value is -3.54. The van der Waals surface area contributed by atoms with Crippen molar-refractivity contribution in [3.8, 4) is 0 Å². The van der Waals surface area contributed by atoms with E-state index < -0.39 is 17.7 Å². The van der Waals surface area contributed by atoms with Crippen LogP contribution in [-0.2, 0) is 22.1 Å². The summed E-state index contributed by atoms with van der Waals surface area (Å²) in [6.07, 6.45) is -2.51. The largest absolute Gasteiger partial charge is 0.466 e. The van der Waals surface area contributed by atoms with Crippen LogP contribution in [0.4, 0.5) is 18.9 Å². The summed E-state index contributed by atoms with van der Waals surface area (Å²) >= 11 is 0. The van der Waals surface area contributed by atoms with E-state index in [-0.39, 0.29) is 11.6 Å². The molecule has 0 spiro atoms. The van der Waals surface area contributed by atoms with Crippen LogP contribution in [0.25, 0.3) is 5.70 Å². The Morgan fingerprint density at radius 1 is 1.00 bits per heavy atom. The Bertz CT molecular complexity index is 1170. The molecule has 1 atom stereocenters. The van der Waals surface area contributed by atoms with Crippen LogP contribution in [0.2, 0.25) is 0 Å². The predicted molar refractivity (Wildman–Crippen MR) is 123 cm³/mol. The molecular formula is C27H24F3NO2. The van der Waals surface area contributed by atoms with Gasteiger partial charge in [-0.15, -0.1) is 0 Å². The second-order valence-electron chi connectivity index (χ2n) is 8.06. The number of halogens is 3. The Morgan fingerprint density at radius 3 is 2.45 bits per heavy atom. The van der Waals surface area contributed by atoms with Crippen molar-refractivity contribution in [1.29, 1.82) is 0 Å². The molecule has 3 aromatic rings. The summed E-state index contributed by atoms with van der Waals surface area (Å²) in [6, 6.07) is 22.8. The lowest BCUT2D eigenvalue weighted by atomic mass is 9.87. The summed E-state index contributed by atoms with van der Waals surface area (Å²) in [7, 11) is 1.31. The highest BCUT2D eigenvalue weighted by molar-refractivity contribution is 6.01. The second kappa shape index (κ2) is 9.53. The fourth-order valence-electron chi connectivity index (χ4n) is 4.34. The molecule has 6 heteroatoms. The molecule has 1 aliphatic carbocycles. The highest BCUT2D eigenvalue weighted by Crippen LogP contribution is 2.40. The third-order valence-electron chi connectivity index (χ3n) is 5.93. The first-order chi connectivity index (χ1) is 15.9. The SMILES string of the molecule is COC(=O)C1=C(Nc2cccc(C(F)(F)F)c2)c2ccccc2C(Cc2ccccc2)CC1. The van der Waals surface area contributed by atoms with Gasteiger partial charge in [0, 0.05) is 11.3 Å². The molecule has 0 heterocycles. The van der Waals surface area contributed by atoms with Gasteiger partial charge in [0.05, 0.1) is 23.9 Å². The van der Waals surface area contributed by atoms with Gasteiger partial charge in [-0.25, -0.2) is 4.79 Å². The zero-order valence-electron chi connectivity index (χ0n) is 18.2. The first-order valence-corrected chi connectivity index (χ1v) is 10.8. The van der Waals surface area contributed by atoms with Gasteiger partial charge in [-0.2, -0.15) is 13.2 Å². The molecule has 1 aliphatic rings. The summed E-state index contributed by atoms with van der Waals surface area (Å²) in [4.78, 5) is 12.7. The van der Waals surface area contributed by atoms with Gasteiger partial charge >= 0.3 is 12.1 Å². The van der Waals surface area contributed by atoms with E-state index >= 15 is 0 Å². The molecule has 170 valence electrons. The summed E-state index contributed by atoms with van der Waals surface area (Å²) < 4.78 is 44.8. The number of carbonyl (C=O) groups excluding carboxylic acids is 1. The first kappa shape index (κ1) is 22.6. The number of hydrogen-bond donors (Lipinski definition) is 1. The van der Waals surface area contributed by atoms with Crippen molar-refractivity contribution in [1.82, 2.24) is 0 Å². The zero-order chi connectivity index (χ0) is 23.4. The molecule has 0 amide bonds. The number of methoxy groups -OCH3 is 1. The van der Waals surface area contributed by atoms with E-state index in [4.69, 9.17) is 4.74 Å². The lowest BCUT2D eigenvalue weighted by Crippen LogP contribution is -2.12. The van der Waals surface area contributed by atoms with Gasteiger partial charge in [-0.3, -0.25) is 0 Å². The number of ether oxygens (including phenoxy) is 1. The van der Waals surface area contributed by atoms with E-state index in [0.29, 0.717) is 24.1 Å². The van der Waals surface area contributed by atoms with Crippen LogP contribution in [0.15, 0.2) is 84.4 Å². The van der Waals surface area contributed by atoms with Crippen LogP contribution < -0.4 is 5.32 Å². The molecule has 0 fully saturated rings. The Balaban J connectivity index is 1.78. The number of esters is 1. The van der Waals surface area contributed by atoms with Crippen molar-refractivity contribution in [3.63, 3.8) is 0 Å². The molecule has 0 saturated carbocycles. The molecule has 3 aromatic carbocycles. The van der Waals surface area contributed by atoms with Crippen LogP contribution in [0.1, 0.15) is 41.0 Å². The van der Waals surface area contributed by atoms with Gasteiger partial charge in [0.2, 0.25) is 0 Å². The molecule has 0 aliphatic heterocycles. The van der Waals surface area contributed by atoms with Crippen molar-refractivity contribution >= 4 is 17.4 Å². The van der Waals surface area contributed by atoms with Crippen LogP contribution in [-0.4, -0.2) is 13.1 Å². The molecule has 33 heavy (non-hydrogen) atoms. The number of benzene rings is 3. The van der Waals surface area contributed by atoms with Crippen molar-refractivity contribution in [3.05, 3.63) is 107 Å². The standard InChI is InChI=1S/C27H24F3NO2/c1-33-26(32)24-15-14-19(16-18-8-3-2-4-9-18)22-12-5-6-13-23(22)25(24)31-21-11-7-10-20(17-21)27(28,29)30/h2-13,17,19,31H,14-16H2,1H3. The molecule has 0 aromatic heterocycles. The molecule has 1 unspecified atom stereocenters. The number of hydrogen-bond acceptors (Lipinski definition) is 3. The predicted octanol–water partition coefficient (Wildman–Crippen LogP) is 6.82. The lowest BCUT2D eigenvalue weighted by Gasteiger charge is -2.20. The minimum Gasteiger partial charge on any atom is -0.466 e. The summed E-state index contributed by atoms with van der Waals surface area (Å²) in [5.41, 5.74) is 3.47. The molecule has 0 radical (unpaired) electrons.